The number of piperazine rings is 1. The minimum atomic E-state index is -1.02. The number of halogens is 1. The predicted molar refractivity (Wildman–Crippen MR) is 177 cm³/mol. The zero-order valence-electron chi connectivity index (χ0n) is 27.4. The Labute approximate surface area is 276 Å². The summed E-state index contributed by atoms with van der Waals surface area (Å²) in [4.78, 5) is 28.8. The fourth-order valence-corrected chi connectivity index (χ4v) is 8.41. The Hall–Kier alpha value is -4.07. The molecule has 1 amide bonds. The standard InChI is InChI=1S/C37H43FN6O3/c1-24-8-4-9-27-10-5-11-28(20-30(24)27)32-21-31-33(26(3)47-32)34(42-18-19-44(35(45)25(2)38)29(22-42)12-15-39)41-36(40-31)46-23-37-13-6-16-43(37)17-7-14-37/h4-5,8-11,26,29,32H,2,6-7,12-14,16-23H2,1,3H3/t26-,29-,32-/m0/s1. The molecule has 0 N–H and O–H groups in total. The fourth-order valence-electron chi connectivity index (χ4n) is 8.41. The average molecular weight is 639 g/mol. The quantitative estimate of drug-likeness (QED) is 0.372. The zero-order chi connectivity index (χ0) is 32.7. The van der Waals surface area contributed by atoms with E-state index in [4.69, 9.17) is 19.4 Å². The van der Waals surface area contributed by atoms with Crippen LogP contribution in [0.3, 0.4) is 0 Å². The molecule has 0 saturated carbocycles. The van der Waals surface area contributed by atoms with Gasteiger partial charge in [0.1, 0.15) is 12.4 Å². The van der Waals surface area contributed by atoms with Crippen molar-refractivity contribution in [3.63, 3.8) is 0 Å². The van der Waals surface area contributed by atoms with Crippen LogP contribution in [0.15, 0.2) is 48.3 Å². The lowest BCUT2D eigenvalue weighted by molar-refractivity contribution is -0.131. The van der Waals surface area contributed by atoms with Gasteiger partial charge in [-0.1, -0.05) is 43.0 Å². The number of nitriles is 1. The Morgan fingerprint density at radius 3 is 2.79 bits per heavy atom. The number of benzene rings is 1. The van der Waals surface area contributed by atoms with Crippen molar-refractivity contribution in [2.75, 3.05) is 44.2 Å². The van der Waals surface area contributed by atoms with Crippen molar-refractivity contribution in [3.8, 4) is 12.1 Å². The van der Waals surface area contributed by atoms with Gasteiger partial charge >= 0.3 is 6.01 Å². The monoisotopic (exact) mass is 638 g/mol. The molecule has 10 heteroatoms. The molecule has 7 rings (SSSR count). The van der Waals surface area contributed by atoms with Gasteiger partial charge in [-0.2, -0.15) is 15.2 Å². The number of allylic oxidation sites excluding steroid dienone is 2. The van der Waals surface area contributed by atoms with Crippen LogP contribution >= 0.6 is 0 Å². The van der Waals surface area contributed by atoms with Gasteiger partial charge in [0, 0.05) is 31.6 Å². The smallest absolute Gasteiger partial charge is 0.318 e. The maximum Gasteiger partial charge on any atom is 0.318 e. The molecular weight excluding hydrogens is 595 g/mol. The van der Waals surface area contributed by atoms with Crippen LogP contribution < -0.4 is 9.64 Å². The van der Waals surface area contributed by atoms with E-state index >= 15 is 0 Å². The van der Waals surface area contributed by atoms with Gasteiger partial charge in [-0.15, -0.1) is 0 Å². The first-order valence-electron chi connectivity index (χ1n) is 16.9. The van der Waals surface area contributed by atoms with Gasteiger partial charge < -0.3 is 19.3 Å². The summed E-state index contributed by atoms with van der Waals surface area (Å²) < 4.78 is 27.2. The van der Waals surface area contributed by atoms with E-state index in [1.807, 2.05) is 6.92 Å². The first-order chi connectivity index (χ1) is 22.8. The van der Waals surface area contributed by atoms with E-state index in [0.717, 1.165) is 43.6 Å². The normalized spacial score (nSPS) is 24.9. The molecule has 3 saturated heterocycles. The second-order valence-corrected chi connectivity index (χ2v) is 13.7. The third kappa shape index (κ3) is 5.96. The molecule has 1 aromatic heterocycles. The number of hydrogen-bond donors (Lipinski definition) is 0. The number of carbonyl (C=O) groups is 1. The summed E-state index contributed by atoms with van der Waals surface area (Å²) in [6.07, 6.45) is 12.0. The van der Waals surface area contributed by atoms with Crippen LogP contribution in [-0.4, -0.2) is 82.7 Å². The molecule has 0 bridgehead atoms. The van der Waals surface area contributed by atoms with Crippen LogP contribution in [0, 0.1) is 18.3 Å². The summed E-state index contributed by atoms with van der Waals surface area (Å²) in [5.74, 6) is -1.08. The highest BCUT2D eigenvalue weighted by Gasteiger charge is 2.45. The van der Waals surface area contributed by atoms with Gasteiger partial charge in [0.15, 0.2) is 5.83 Å². The van der Waals surface area contributed by atoms with E-state index < -0.39 is 17.8 Å². The maximum absolute atomic E-state index is 13.9. The van der Waals surface area contributed by atoms with Crippen LogP contribution in [0.5, 0.6) is 6.01 Å². The average Bonchev–Trinajstić information content (AvgIpc) is 3.56. The summed E-state index contributed by atoms with van der Waals surface area (Å²) in [6.45, 7) is 11.2. The summed E-state index contributed by atoms with van der Waals surface area (Å²) in [7, 11) is 0. The molecule has 9 nitrogen and oxygen atoms in total. The van der Waals surface area contributed by atoms with Crippen molar-refractivity contribution in [2.45, 2.75) is 82.6 Å². The van der Waals surface area contributed by atoms with Crippen molar-refractivity contribution in [3.05, 3.63) is 76.3 Å². The summed E-state index contributed by atoms with van der Waals surface area (Å²) >= 11 is 0. The molecule has 4 aliphatic heterocycles. The Balaban J connectivity index is 1.22. The number of amides is 1. The molecule has 5 heterocycles. The van der Waals surface area contributed by atoms with Crippen LogP contribution in [-0.2, 0) is 22.4 Å². The maximum atomic E-state index is 13.9. The van der Waals surface area contributed by atoms with Crippen molar-refractivity contribution >= 4 is 17.8 Å². The Kier molecular flexibility index (Phi) is 8.62. The second-order valence-electron chi connectivity index (χ2n) is 13.7. The molecule has 246 valence electrons. The lowest BCUT2D eigenvalue weighted by atomic mass is 9.90. The van der Waals surface area contributed by atoms with Gasteiger partial charge in [0.2, 0.25) is 0 Å². The minimum Gasteiger partial charge on any atom is -0.461 e. The van der Waals surface area contributed by atoms with Gasteiger partial charge in [0.05, 0.1) is 42.0 Å². The molecule has 5 aliphatic rings. The van der Waals surface area contributed by atoms with Crippen molar-refractivity contribution in [2.24, 2.45) is 0 Å². The van der Waals surface area contributed by atoms with E-state index in [2.05, 4.69) is 65.8 Å². The molecule has 47 heavy (non-hydrogen) atoms. The zero-order valence-corrected chi connectivity index (χ0v) is 27.4. The number of fused-ring (bicyclic) bond motifs is 3. The van der Waals surface area contributed by atoms with Crippen molar-refractivity contribution < 1.29 is 18.7 Å². The Morgan fingerprint density at radius 2 is 2.02 bits per heavy atom. The van der Waals surface area contributed by atoms with Gasteiger partial charge in [-0.25, -0.2) is 4.39 Å². The van der Waals surface area contributed by atoms with E-state index in [-0.39, 0.29) is 30.7 Å². The predicted octanol–water partition coefficient (Wildman–Crippen LogP) is 5.40. The van der Waals surface area contributed by atoms with Crippen LogP contribution in [0.1, 0.15) is 73.1 Å². The number of hydrogen-bond acceptors (Lipinski definition) is 8. The van der Waals surface area contributed by atoms with Crippen LogP contribution in [0.4, 0.5) is 10.2 Å². The Bertz CT molecular complexity index is 1670. The van der Waals surface area contributed by atoms with Crippen LogP contribution in [0.2, 0.25) is 0 Å². The number of rotatable bonds is 7. The van der Waals surface area contributed by atoms with Crippen molar-refractivity contribution in [1.29, 1.82) is 5.26 Å². The van der Waals surface area contributed by atoms with E-state index in [1.54, 1.807) is 0 Å². The molecule has 3 fully saturated rings. The lowest BCUT2D eigenvalue weighted by Gasteiger charge is -2.42. The fraction of sp³-hybridized carbons (Fsp3) is 0.514. The number of aromatic nitrogens is 2. The number of anilines is 1. The molecule has 0 spiro atoms. The molecule has 0 radical (unpaired) electrons. The van der Waals surface area contributed by atoms with E-state index in [9.17, 15) is 14.4 Å². The number of aryl methyl sites for hydroxylation is 1. The number of carbonyl (C=O) groups excluding carboxylic acids is 1. The highest BCUT2D eigenvalue weighted by atomic mass is 19.1. The molecule has 3 atom stereocenters. The lowest BCUT2D eigenvalue weighted by Crippen LogP contribution is -2.55. The van der Waals surface area contributed by atoms with E-state index in [1.165, 1.54) is 40.0 Å². The topological polar surface area (TPSA) is 94.8 Å². The molecule has 2 aromatic rings. The molecular formula is C37H43FN6O3. The third-order valence-corrected chi connectivity index (χ3v) is 10.8. The van der Waals surface area contributed by atoms with Gasteiger partial charge in [-0.05, 0) is 81.3 Å². The van der Waals surface area contributed by atoms with Gasteiger partial charge in [0.25, 0.3) is 5.91 Å². The number of ether oxygens (including phenoxy) is 2. The largest absolute Gasteiger partial charge is 0.461 e. The SMILES string of the molecule is C=C(F)C(=O)N1CCN(c2nc(OCC34CCCN3CCC4)nc3c2[C@H](C)O[C@H](C2=CC=Cc4cccc(C)c4C2)C3)C[C@@H]1CC#N. The highest BCUT2D eigenvalue weighted by molar-refractivity contribution is 5.91. The third-order valence-electron chi connectivity index (χ3n) is 10.8. The van der Waals surface area contributed by atoms with E-state index in [0.29, 0.717) is 37.9 Å². The van der Waals surface area contributed by atoms with Crippen LogP contribution in [0.25, 0.3) is 6.08 Å². The van der Waals surface area contributed by atoms with Gasteiger partial charge in [-0.3, -0.25) is 9.69 Å². The second kappa shape index (κ2) is 12.9. The highest BCUT2D eigenvalue weighted by Crippen LogP contribution is 2.42. The first kappa shape index (κ1) is 31.5. The molecule has 1 aromatic carbocycles. The first-order valence-corrected chi connectivity index (χ1v) is 16.9. The molecule has 1 aliphatic carbocycles. The van der Waals surface area contributed by atoms with Crippen molar-refractivity contribution in [1.82, 2.24) is 19.8 Å². The summed E-state index contributed by atoms with van der Waals surface area (Å²) in [5.41, 5.74) is 6.85. The summed E-state index contributed by atoms with van der Waals surface area (Å²) in [6, 6.07) is 8.43. The summed E-state index contributed by atoms with van der Waals surface area (Å²) in [5, 5.41) is 9.59. The Morgan fingerprint density at radius 1 is 1.21 bits per heavy atom. The molecule has 0 unspecified atom stereocenters. The minimum absolute atomic E-state index is 0.0414. The number of nitrogens with zero attached hydrogens (tertiary/aromatic N) is 6.